The van der Waals surface area contributed by atoms with Gasteiger partial charge in [0.15, 0.2) is 0 Å². The van der Waals surface area contributed by atoms with Crippen molar-refractivity contribution in [2.75, 3.05) is 13.1 Å². The lowest BCUT2D eigenvalue weighted by molar-refractivity contribution is 0.175. The van der Waals surface area contributed by atoms with Gasteiger partial charge >= 0.3 is 0 Å². The maximum atomic E-state index is 13.1. The predicted molar refractivity (Wildman–Crippen MR) is 69.8 cm³/mol. The van der Waals surface area contributed by atoms with E-state index in [1.807, 2.05) is 18.2 Å². The Labute approximate surface area is 106 Å². The second-order valence-corrected chi connectivity index (χ2v) is 5.00. The second kappa shape index (κ2) is 4.67. The topological polar surface area (TPSA) is 23.5 Å². The molecule has 0 amide bonds. The summed E-state index contributed by atoms with van der Waals surface area (Å²) in [5.74, 6) is -0.196. The number of nitrogens with zero attached hydrogens (tertiary/aromatic N) is 1. The zero-order valence-electron chi connectivity index (χ0n) is 10.1. The quantitative estimate of drug-likeness (QED) is 0.879. The number of benzene rings is 2. The summed E-state index contributed by atoms with van der Waals surface area (Å²) in [5, 5.41) is 11.5. The number of fused-ring (bicyclic) bond motifs is 1. The number of hydrogen-bond acceptors (Lipinski definition) is 2. The zero-order chi connectivity index (χ0) is 12.5. The van der Waals surface area contributed by atoms with Crippen LogP contribution in [0.2, 0.25) is 0 Å². The van der Waals surface area contributed by atoms with Gasteiger partial charge < -0.3 is 5.11 Å². The minimum absolute atomic E-state index is 0.181. The number of β-amino-alcohol motifs (C(OH)–C–C–N with tert-alkyl or cyclic N) is 1. The van der Waals surface area contributed by atoms with Gasteiger partial charge in [-0.3, -0.25) is 4.90 Å². The van der Waals surface area contributed by atoms with E-state index < -0.39 is 0 Å². The van der Waals surface area contributed by atoms with Crippen LogP contribution in [0.4, 0.5) is 4.39 Å². The first-order chi connectivity index (χ1) is 8.70. The van der Waals surface area contributed by atoms with Gasteiger partial charge in [0.1, 0.15) is 5.82 Å². The molecule has 1 aliphatic rings. The van der Waals surface area contributed by atoms with Crippen LogP contribution in [0, 0.1) is 5.82 Å². The van der Waals surface area contributed by atoms with Crippen molar-refractivity contribution in [3.8, 4) is 0 Å². The molecule has 1 heterocycles. The molecule has 1 fully saturated rings. The lowest BCUT2D eigenvalue weighted by Gasteiger charge is -2.15. The van der Waals surface area contributed by atoms with Crippen molar-refractivity contribution in [2.45, 2.75) is 19.1 Å². The van der Waals surface area contributed by atoms with Crippen molar-refractivity contribution in [3.05, 3.63) is 47.8 Å². The van der Waals surface area contributed by atoms with Crippen LogP contribution in [-0.2, 0) is 6.54 Å². The average Bonchev–Trinajstić information content (AvgIpc) is 2.75. The summed E-state index contributed by atoms with van der Waals surface area (Å²) in [5.41, 5.74) is 1.21. The summed E-state index contributed by atoms with van der Waals surface area (Å²) >= 11 is 0. The fraction of sp³-hybridized carbons (Fsp3) is 0.333. The zero-order valence-corrected chi connectivity index (χ0v) is 10.1. The highest BCUT2D eigenvalue weighted by Crippen LogP contribution is 2.20. The molecule has 3 rings (SSSR count). The van der Waals surface area contributed by atoms with Crippen molar-refractivity contribution >= 4 is 10.8 Å². The van der Waals surface area contributed by atoms with Gasteiger partial charge in [0.05, 0.1) is 6.10 Å². The van der Waals surface area contributed by atoms with E-state index in [-0.39, 0.29) is 11.9 Å². The molecule has 1 aliphatic heterocycles. The first-order valence-corrected chi connectivity index (χ1v) is 6.29. The summed E-state index contributed by atoms with van der Waals surface area (Å²) < 4.78 is 13.1. The molecule has 18 heavy (non-hydrogen) atoms. The van der Waals surface area contributed by atoms with Crippen molar-refractivity contribution in [1.29, 1.82) is 0 Å². The minimum atomic E-state index is -0.196. The third kappa shape index (κ3) is 2.37. The first-order valence-electron chi connectivity index (χ1n) is 6.29. The third-order valence-corrected chi connectivity index (χ3v) is 3.52. The highest BCUT2D eigenvalue weighted by Gasteiger charge is 2.19. The van der Waals surface area contributed by atoms with E-state index in [9.17, 15) is 9.50 Å². The molecule has 2 aromatic rings. The predicted octanol–water partition coefficient (Wildman–Crippen LogP) is 2.55. The van der Waals surface area contributed by atoms with Crippen LogP contribution in [0.25, 0.3) is 10.8 Å². The minimum Gasteiger partial charge on any atom is -0.392 e. The van der Waals surface area contributed by atoms with E-state index >= 15 is 0 Å². The normalized spacial score (nSPS) is 20.7. The van der Waals surface area contributed by atoms with Crippen LogP contribution in [-0.4, -0.2) is 29.2 Å². The van der Waals surface area contributed by atoms with Gasteiger partial charge in [-0.2, -0.15) is 0 Å². The molecule has 0 aromatic heterocycles. The molecule has 0 spiro atoms. The van der Waals surface area contributed by atoms with Crippen LogP contribution in [0.15, 0.2) is 36.4 Å². The molecule has 0 aliphatic carbocycles. The number of aliphatic hydroxyl groups is 1. The van der Waals surface area contributed by atoms with Crippen LogP contribution in [0.5, 0.6) is 0 Å². The Kier molecular flexibility index (Phi) is 3.02. The summed E-state index contributed by atoms with van der Waals surface area (Å²) in [6, 6.07) is 10.9. The molecule has 2 aromatic carbocycles. The van der Waals surface area contributed by atoms with Gasteiger partial charge in [-0.1, -0.05) is 18.2 Å². The van der Waals surface area contributed by atoms with Gasteiger partial charge in [0.25, 0.3) is 0 Å². The molecule has 0 bridgehead atoms. The molecule has 3 heteroatoms. The Balaban J connectivity index is 1.82. The maximum Gasteiger partial charge on any atom is 0.123 e. The Morgan fingerprint density at radius 2 is 1.94 bits per heavy atom. The SMILES string of the molecule is OC1CCN(Cc2ccc3cc(F)ccc3c2)C1. The van der Waals surface area contributed by atoms with E-state index in [0.717, 1.165) is 36.8 Å². The number of aliphatic hydroxyl groups excluding tert-OH is 1. The Morgan fingerprint density at radius 1 is 1.17 bits per heavy atom. The highest BCUT2D eigenvalue weighted by molar-refractivity contribution is 5.83. The number of hydrogen-bond donors (Lipinski definition) is 1. The molecule has 1 atom stereocenters. The largest absolute Gasteiger partial charge is 0.392 e. The Morgan fingerprint density at radius 3 is 2.72 bits per heavy atom. The number of likely N-dealkylation sites (tertiary alicyclic amines) is 1. The van der Waals surface area contributed by atoms with Crippen LogP contribution >= 0.6 is 0 Å². The number of halogens is 1. The highest BCUT2D eigenvalue weighted by atomic mass is 19.1. The molecule has 1 N–H and O–H groups in total. The fourth-order valence-electron chi connectivity index (χ4n) is 2.58. The van der Waals surface area contributed by atoms with Crippen molar-refractivity contribution in [2.24, 2.45) is 0 Å². The lowest BCUT2D eigenvalue weighted by Crippen LogP contribution is -2.21. The van der Waals surface area contributed by atoms with Crippen LogP contribution in [0.3, 0.4) is 0 Å². The summed E-state index contributed by atoms with van der Waals surface area (Å²) in [4.78, 5) is 2.25. The van der Waals surface area contributed by atoms with Crippen LogP contribution < -0.4 is 0 Å². The summed E-state index contributed by atoms with van der Waals surface area (Å²) in [6.45, 7) is 2.55. The van der Waals surface area contributed by atoms with Crippen LogP contribution in [0.1, 0.15) is 12.0 Å². The first kappa shape index (κ1) is 11.6. The van der Waals surface area contributed by atoms with E-state index in [4.69, 9.17) is 0 Å². The van der Waals surface area contributed by atoms with Crippen molar-refractivity contribution in [1.82, 2.24) is 4.90 Å². The van der Waals surface area contributed by atoms with Gasteiger partial charge in [0.2, 0.25) is 0 Å². The smallest absolute Gasteiger partial charge is 0.123 e. The molecular weight excluding hydrogens is 229 g/mol. The second-order valence-electron chi connectivity index (χ2n) is 5.00. The third-order valence-electron chi connectivity index (χ3n) is 3.52. The van der Waals surface area contributed by atoms with E-state index in [2.05, 4.69) is 11.0 Å². The van der Waals surface area contributed by atoms with Crippen molar-refractivity contribution in [3.63, 3.8) is 0 Å². The molecule has 0 radical (unpaired) electrons. The molecule has 2 nitrogen and oxygen atoms in total. The van der Waals surface area contributed by atoms with E-state index in [0.29, 0.717) is 0 Å². The fourth-order valence-corrected chi connectivity index (χ4v) is 2.58. The summed E-state index contributed by atoms with van der Waals surface area (Å²) in [6.07, 6.45) is 0.679. The Hall–Kier alpha value is -1.45. The molecular formula is C15H16FNO. The molecule has 1 unspecified atom stereocenters. The maximum absolute atomic E-state index is 13.1. The van der Waals surface area contributed by atoms with Gasteiger partial charge in [-0.05, 0) is 41.0 Å². The molecule has 94 valence electrons. The lowest BCUT2D eigenvalue weighted by atomic mass is 10.1. The molecule has 1 saturated heterocycles. The van der Waals surface area contributed by atoms with Gasteiger partial charge in [-0.15, -0.1) is 0 Å². The standard InChI is InChI=1S/C15H16FNO/c16-14-4-3-12-7-11(1-2-13(12)8-14)9-17-6-5-15(18)10-17/h1-4,7-8,15,18H,5-6,9-10H2. The van der Waals surface area contributed by atoms with Gasteiger partial charge in [-0.25, -0.2) is 4.39 Å². The monoisotopic (exact) mass is 245 g/mol. The van der Waals surface area contributed by atoms with E-state index in [1.54, 1.807) is 6.07 Å². The molecule has 0 saturated carbocycles. The summed E-state index contributed by atoms with van der Waals surface area (Å²) in [7, 11) is 0. The average molecular weight is 245 g/mol. The Bertz CT molecular complexity index is 569. The number of rotatable bonds is 2. The van der Waals surface area contributed by atoms with Gasteiger partial charge in [0, 0.05) is 19.6 Å². The van der Waals surface area contributed by atoms with E-state index in [1.165, 1.54) is 11.6 Å². The van der Waals surface area contributed by atoms with Crippen molar-refractivity contribution < 1.29 is 9.50 Å².